The zero-order chi connectivity index (χ0) is 39.8. The van der Waals surface area contributed by atoms with Gasteiger partial charge in [-0.05, 0) is 60.3 Å². The molecule has 3 aromatic carbocycles. The lowest BCUT2D eigenvalue weighted by atomic mass is 10.0. The van der Waals surface area contributed by atoms with Gasteiger partial charge in [0.25, 0.3) is 13.9 Å². The lowest BCUT2D eigenvalue weighted by Crippen LogP contribution is -2.65. The molecule has 0 radical (unpaired) electrons. The monoisotopic (exact) mass is 796 g/mol. The summed E-state index contributed by atoms with van der Waals surface area (Å²) in [6.07, 6.45) is 3.19. The van der Waals surface area contributed by atoms with Gasteiger partial charge in [0.2, 0.25) is 5.91 Å². The molecule has 1 saturated heterocycles. The molecule has 0 spiro atoms. The van der Waals surface area contributed by atoms with Gasteiger partial charge in [-0.1, -0.05) is 85.8 Å². The van der Waals surface area contributed by atoms with Crippen molar-refractivity contribution in [2.45, 2.75) is 70.2 Å². The number of fused-ring (bicyclic) bond motifs is 1. The first-order chi connectivity index (χ1) is 26.8. The number of amides is 1. The Morgan fingerprint density at radius 3 is 2.25 bits per heavy atom. The van der Waals surface area contributed by atoms with Crippen LogP contribution < -0.4 is 31.7 Å². The second-order valence-electron chi connectivity index (χ2n) is 15.2. The van der Waals surface area contributed by atoms with Gasteiger partial charge in [0.1, 0.15) is 27.5 Å². The van der Waals surface area contributed by atoms with Crippen LogP contribution in [-0.2, 0) is 21.6 Å². The van der Waals surface area contributed by atoms with E-state index in [1.165, 1.54) is 58.4 Å². The van der Waals surface area contributed by atoms with Gasteiger partial charge in [-0.2, -0.15) is 10.2 Å². The Kier molecular flexibility index (Phi) is 10.7. The Bertz CT molecular complexity index is 2450. The Balaban J connectivity index is 1.28. The fourth-order valence-electron chi connectivity index (χ4n) is 7.99. The van der Waals surface area contributed by atoms with Crippen LogP contribution >= 0.6 is 11.3 Å². The minimum Gasteiger partial charge on any atom is -0.496 e. The van der Waals surface area contributed by atoms with Gasteiger partial charge in [0, 0.05) is 24.3 Å². The fourth-order valence-corrected chi connectivity index (χ4v) is 13.0. The highest BCUT2D eigenvalue weighted by Crippen LogP contribution is 2.40. The van der Waals surface area contributed by atoms with Crippen molar-refractivity contribution in [1.29, 1.82) is 0 Å². The molecule has 56 heavy (non-hydrogen) atoms. The molecule has 0 unspecified atom stereocenters. The average molecular weight is 797 g/mol. The second-order valence-corrected chi connectivity index (χ2v) is 20.1. The number of halogens is 1. The van der Waals surface area contributed by atoms with E-state index in [0.717, 1.165) is 14.9 Å². The molecule has 12 nitrogen and oxygen atoms in total. The number of nitrogens with zero attached hydrogens (tertiary/aromatic N) is 5. The fraction of sp³-hybridized carbons (Fsp3) is 0.341. The Morgan fingerprint density at radius 1 is 1.02 bits per heavy atom. The molecule has 3 aromatic heterocycles. The maximum absolute atomic E-state index is 15.0. The van der Waals surface area contributed by atoms with Crippen LogP contribution in [0, 0.1) is 12.7 Å². The van der Waals surface area contributed by atoms with Crippen molar-refractivity contribution >= 4 is 46.2 Å². The first-order valence-electron chi connectivity index (χ1n) is 18.5. The van der Waals surface area contributed by atoms with Crippen LogP contribution in [0.15, 0.2) is 101 Å². The SMILES string of the molecule is COc1ccc(F)cc1[C@H](Cn1c(=O)n([C@@]2(C)CNC(=O)C2)c(=O)c2c(C)c(-n3nccn3)sc21)OCCCC(C)(C)[Si](O)(c1ccccc1)c1ccccc1. The number of benzene rings is 3. The normalized spacial score (nSPS) is 16.7. The summed E-state index contributed by atoms with van der Waals surface area (Å²) < 4.78 is 30.0. The Labute approximate surface area is 328 Å². The van der Waals surface area contributed by atoms with E-state index in [1.807, 2.05) is 60.7 Å². The maximum atomic E-state index is 15.0. The summed E-state index contributed by atoms with van der Waals surface area (Å²) in [6, 6.07) is 23.7. The number of aryl methyl sites for hydroxylation is 1. The quantitative estimate of drug-likeness (QED) is 0.121. The number of carbonyl (C=O) groups excluding carboxylic acids is 1. The molecule has 0 bridgehead atoms. The number of carbonyl (C=O) groups is 1. The lowest BCUT2D eigenvalue weighted by molar-refractivity contribution is -0.119. The topological polar surface area (TPSA) is 142 Å². The Morgan fingerprint density at radius 2 is 1.66 bits per heavy atom. The third-order valence-corrected chi connectivity index (χ3v) is 16.9. The summed E-state index contributed by atoms with van der Waals surface area (Å²) in [7, 11) is -1.81. The molecule has 1 fully saturated rings. The van der Waals surface area contributed by atoms with E-state index in [-0.39, 0.29) is 32.0 Å². The summed E-state index contributed by atoms with van der Waals surface area (Å²) in [6.45, 7) is 7.83. The van der Waals surface area contributed by atoms with Crippen molar-refractivity contribution in [2.75, 3.05) is 20.3 Å². The largest absolute Gasteiger partial charge is 0.496 e. The van der Waals surface area contributed by atoms with Crippen molar-refractivity contribution in [3.63, 3.8) is 0 Å². The number of rotatable bonds is 14. The van der Waals surface area contributed by atoms with Gasteiger partial charge in [-0.25, -0.2) is 9.18 Å². The number of hydrogen-bond acceptors (Lipinski definition) is 9. The molecule has 292 valence electrons. The number of thiophene rings is 1. The lowest BCUT2D eigenvalue weighted by Gasteiger charge is -2.41. The van der Waals surface area contributed by atoms with E-state index < -0.39 is 42.1 Å². The second kappa shape index (κ2) is 15.4. The predicted molar refractivity (Wildman–Crippen MR) is 216 cm³/mol. The summed E-state index contributed by atoms with van der Waals surface area (Å²) in [5.74, 6) is -0.412. The van der Waals surface area contributed by atoms with Crippen molar-refractivity contribution in [2.24, 2.45) is 0 Å². The highest BCUT2D eigenvalue weighted by Gasteiger charge is 2.49. The summed E-state index contributed by atoms with van der Waals surface area (Å²) in [4.78, 5) is 56.0. The first-order valence-corrected chi connectivity index (χ1v) is 21.3. The third-order valence-electron chi connectivity index (χ3n) is 11.1. The molecule has 7 rings (SSSR count). The van der Waals surface area contributed by atoms with E-state index in [2.05, 4.69) is 29.4 Å². The summed E-state index contributed by atoms with van der Waals surface area (Å²) >= 11 is 1.19. The molecule has 15 heteroatoms. The maximum Gasteiger partial charge on any atom is 0.332 e. The summed E-state index contributed by atoms with van der Waals surface area (Å²) in [5, 5.41) is 13.4. The first kappa shape index (κ1) is 39.0. The van der Waals surface area contributed by atoms with Crippen LogP contribution in [0.25, 0.3) is 15.2 Å². The molecular formula is C41H45FN6O6SSi. The van der Waals surface area contributed by atoms with E-state index in [1.54, 1.807) is 13.8 Å². The van der Waals surface area contributed by atoms with Crippen molar-refractivity contribution in [1.82, 2.24) is 29.4 Å². The minimum atomic E-state index is -3.30. The number of hydrogen-bond donors (Lipinski definition) is 2. The molecule has 1 amide bonds. The smallest absolute Gasteiger partial charge is 0.332 e. The molecule has 6 aromatic rings. The zero-order valence-electron chi connectivity index (χ0n) is 32.0. The zero-order valence-corrected chi connectivity index (χ0v) is 33.8. The highest BCUT2D eigenvalue weighted by molar-refractivity contribution is 7.21. The minimum absolute atomic E-state index is 0.0561. The highest BCUT2D eigenvalue weighted by atomic mass is 32.1. The van der Waals surface area contributed by atoms with Crippen LogP contribution in [0.2, 0.25) is 5.04 Å². The van der Waals surface area contributed by atoms with Crippen LogP contribution in [0.4, 0.5) is 4.39 Å². The van der Waals surface area contributed by atoms with Crippen molar-refractivity contribution in [3.05, 3.63) is 129 Å². The molecule has 2 atom stereocenters. The van der Waals surface area contributed by atoms with Crippen molar-refractivity contribution < 1.29 is 23.5 Å². The van der Waals surface area contributed by atoms with Crippen LogP contribution in [0.1, 0.15) is 57.3 Å². The van der Waals surface area contributed by atoms with E-state index in [0.29, 0.717) is 44.9 Å². The van der Waals surface area contributed by atoms with Gasteiger partial charge in [-0.15, -0.1) is 4.80 Å². The Hall–Kier alpha value is -5.22. The predicted octanol–water partition coefficient (Wildman–Crippen LogP) is 4.57. The number of ether oxygens (including phenoxy) is 2. The summed E-state index contributed by atoms with van der Waals surface area (Å²) in [5.41, 5.74) is -1.34. The third kappa shape index (κ3) is 6.93. The van der Waals surface area contributed by atoms with Gasteiger partial charge in [0.05, 0.1) is 43.4 Å². The molecule has 0 aliphatic carbocycles. The van der Waals surface area contributed by atoms with E-state index in [4.69, 9.17) is 9.47 Å². The molecule has 1 aliphatic heterocycles. The average Bonchev–Trinajstić information content (AvgIpc) is 3.93. The molecule has 2 N–H and O–H groups in total. The molecule has 4 heterocycles. The molecule has 1 aliphatic rings. The van der Waals surface area contributed by atoms with E-state index in [9.17, 15) is 19.2 Å². The molecular weight excluding hydrogens is 752 g/mol. The number of aromatic nitrogens is 5. The number of nitrogens with one attached hydrogen (secondary N) is 1. The van der Waals surface area contributed by atoms with Crippen LogP contribution in [0.5, 0.6) is 5.75 Å². The van der Waals surface area contributed by atoms with E-state index >= 15 is 4.39 Å². The van der Waals surface area contributed by atoms with Gasteiger partial charge in [-0.3, -0.25) is 18.7 Å². The van der Waals surface area contributed by atoms with Gasteiger partial charge in [0.15, 0.2) is 0 Å². The van der Waals surface area contributed by atoms with Gasteiger partial charge >= 0.3 is 5.69 Å². The van der Waals surface area contributed by atoms with Crippen LogP contribution in [-0.4, -0.2) is 63.4 Å². The van der Waals surface area contributed by atoms with Crippen LogP contribution in [0.3, 0.4) is 0 Å². The number of methoxy groups -OCH3 is 1. The van der Waals surface area contributed by atoms with Gasteiger partial charge < -0.3 is 19.6 Å². The van der Waals surface area contributed by atoms with Crippen molar-refractivity contribution in [3.8, 4) is 10.8 Å². The standard InChI is InChI=1S/C41H45FN6O6SSi/c1-27-35-36(50)47(41(4)24-34(49)43-26-41)39(51)46(38(35)55-37(27)48-44-20-21-45-48)25-33(31-23-28(42)17-18-32(31)53-5)54-22-12-19-40(2,3)56(52,29-13-8-6-9-14-29)30-15-10-7-11-16-30/h6-11,13-18,20-21,23,33,52H,12,19,22,24-26H2,1-5H3,(H,43,49)/t33-,41+/m0/s1. The molecule has 0 saturated carbocycles.